The molecule has 0 heterocycles. The van der Waals surface area contributed by atoms with Gasteiger partial charge in [0.25, 0.3) is 0 Å². The van der Waals surface area contributed by atoms with Gasteiger partial charge in [-0.2, -0.15) is 0 Å². The van der Waals surface area contributed by atoms with Gasteiger partial charge in [-0.15, -0.1) is 0 Å². The van der Waals surface area contributed by atoms with Gasteiger partial charge in [0.2, 0.25) is 0 Å². The lowest BCUT2D eigenvalue weighted by Crippen LogP contribution is -2.16. The molecule has 0 fully saturated rings. The minimum atomic E-state index is 0.151. The molecule has 0 aliphatic heterocycles. The van der Waals surface area contributed by atoms with E-state index in [4.69, 9.17) is 0 Å². The van der Waals surface area contributed by atoms with E-state index >= 15 is 0 Å². The summed E-state index contributed by atoms with van der Waals surface area (Å²) in [7, 11) is 0. The lowest BCUT2D eigenvalue weighted by atomic mass is 10.0. The lowest BCUT2D eigenvalue weighted by Gasteiger charge is -2.18. The van der Waals surface area contributed by atoms with Crippen LogP contribution in [0.15, 0.2) is 103 Å². The number of hydrogen-bond acceptors (Lipinski definition) is 3. The maximum atomic E-state index is 10.3. The number of nitrogens with one attached hydrogen (secondary N) is 1. The number of hydrogen-bond donors (Lipinski definition) is 2. The zero-order chi connectivity index (χ0) is 20.9. The second-order valence-electron chi connectivity index (χ2n) is 7.28. The van der Waals surface area contributed by atoms with Gasteiger partial charge in [-0.05, 0) is 47.0 Å². The van der Waals surface area contributed by atoms with E-state index in [0.717, 1.165) is 27.7 Å². The Morgan fingerprint density at radius 2 is 1.70 bits per heavy atom. The number of rotatable bonds is 6. The number of phenols is 1. The predicted molar refractivity (Wildman–Crippen MR) is 126 cm³/mol. The molecule has 0 bridgehead atoms. The van der Waals surface area contributed by atoms with Gasteiger partial charge in [-0.25, -0.2) is 0 Å². The van der Waals surface area contributed by atoms with Crippen molar-refractivity contribution < 1.29 is 5.11 Å². The molecule has 0 aromatic heterocycles. The molecule has 0 saturated heterocycles. The molecule has 3 heteroatoms. The molecule has 4 rings (SSSR count). The zero-order valence-electron chi connectivity index (χ0n) is 16.9. The smallest absolute Gasteiger partial charge is 0.124 e. The van der Waals surface area contributed by atoms with E-state index in [2.05, 4.69) is 35.9 Å². The molecule has 0 aliphatic rings. The Morgan fingerprint density at radius 3 is 2.53 bits per heavy atom. The number of aliphatic imine (C=N–C) groups is 1. The van der Waals surface area contributed by atoms with Crippen molar-refractivity contribution in [3.63, 3.8) is 0 Å². The normalized spacial score (nSPS) is 12.2. The first-order valence-electron chi connectivity index (χ1n) is 9.97. The van der Waals surface area contributed by atoms with Crippen LogP contribution in [0.4, 0.5) is 5.69 Å². The van der Waals surface area contributed by atoms with E-state index < -0.39 is 0 Å². The fourth-order valence-electron chi connectivity index (χ4n) is 3.50. The quantitative estimate of drug-likeness (QED) is 0.362. The molecule has 0 amide bonds. The summed E-state index contributed by atoms with van der Waals surface area (Å²) in [5.41, 5.74) is 4.55. The van der Waals surface area contributed by atoms with Crippen LogP contribution in [0.3, 0.4) is 0 Å². The molecule has 1 atom stereocenters. The van der Waals surface area contributed by atoms with Crippen molar-refractivity contribution in [2.75, 3.05) is 0 Å². The Balaban J connectivity index is 1.56. The van der Waals surface area contributed by atoms with Gasteiger partial charge < -0.3 is 10.4 Å². The molecular formula is C27H24N2O. The van der Waals surface area contributed by atoms with Gasteiger partial charge in [-0.1, -0.05) is 79.4 Å². The first kappa shape index (κ1) is 19.5. The maximum absolute atomic E-state index is 10.3. The van der Waals surface area contributed by atoms with Crippen LogP contribution in [-0.4, -0.2) is 11.3 Å². The zero-order valence-corrected chi connectivity index (χ0v) is 16.9. The van der Waals surface area contributed by atoms with Crippen LogP contribution >= 0.6 is 0 Å². The molecule has 3 nitrogen and oxygen atoms in total. The highest BCUT2D eigenvalue weighted by Crippen LogP contribution is 2.27. The first-order valence-corrected chi connectivity index (χ1v) is 9.97. The van der Waals surface area contributed by atoms with E-state index in [1.54, 1.807) is 12.3 Å². The van der Waals surface area contributed by atoms with Gasteiger partial charge in [0.15, 0.2) is 0 Å². The number of fused-ring (bicyclic) bond motifs is 1. The van der Waals surface area contributed by atoms with Crippen molar-refractivity contribution in [3.8, 4) is 5.75 Å². The minimum Gasteiger partial charge on any atom is -0.507 e. The Morgan fingerprint density at radius 1 is 0.933 bits per heavy atom. The van der Waals surface area contributed by atoms with E-state index in [9.17, 15) is 5.11 Å². The minimum absolute atomic E-state index is 0.151. The molecule has 4 aromatic rings. The summed E-state index contributed by atoms with van der Waals surface area (Å²) < 4.78 is 0. The molecular weight excluding hydrogens is 368 g/mol. The third-order valence-corrected chi connectivity index (χ3v) is 5.18. The average Bonchev–Trinajstić information content (AvgIpc) is 2.79. The maximum Gasteiger partial charge on any atom is 0.124 e. The fraction of sp³-hybridized carbons (Fsp3) is 0.0741. The molecule has 0 spiro atoms. The average molecular weight is 393 g/mol. The Kier molecular flexibility index (Phi) is 5.62. The number of nitrogens with zero attached hydrogens (tertiary/aromatic N) is 1. The molecule has 4 aromatic carbocycles. The summed E-state index contributed by atoms with van der Waals surface area (Å²) in [6.45, 7) is 6.32. The van der Waals surface area contributed by atoms with Crippen LogP contribution in [-0.2, 0) is 0 Å². The van der Waals surface area contributed by atoms with Crippen molar-refractivity contribution in [2.24, 2.45) is 4.99 Å². The molecule has 0 radical (unpaired) electrons. The fourth-order valence-corrected chi connectivity index (χ4v) is 3.50. The predicted octanol–water partition coefficient (Wildman–Crippen LogP) is 6.62. The molecule has 30 heavy (non-hydrogen) atoms. The number of aromatic hydroxyl groups is 1. The van der Waals surface area contributed by atoms with Crippen molar-refractivity contribution in [1.82, 2.24) is 5.32 Å². The Hall–Kier alpha value is -3.85. The van der Waals surface area contributed by atoms with Crippen LogP contribution in [0.25, 0.3) is 16.5 Å². The lowest BCUT2D eigenvalue weighted by molar-refractivity contribution is 0.475. The summed E-state index contributed by atoms with van der Waals surface area (Å²) >= 11 is 0. The second-order valence-corrected chi connectivity index (χ2v) is 7.28. The SMILES string of the molecule is C=C(NC(C)c1ccccc1)c1cccc(/N=C/c2c(O)ccc3ccccc23)c1. The van der Waals surface area contributed by atoms with Crippen LogP contribution in [0.1, 0.15) is 29.7 Å². The van der Waals surface area contributed by atoms with Crippen LogP contribution in [0.5, 0.6) is 5.75 Å². The van der Waals surface area contributed by atoms with Crippen molar-refractivity contribution >= 4 is 28.4 Å². The standard InChI is InChI=1S/C27H24N2O/c1-19(21-9-4-3-5-10-21)29-20(2)23-12-8-13-24(17-23)28-18-26-25-14-7-6-11-22(25)15-16-27(26)30/h3-19,29-30H,2H2,1H3/b28-18+. The topological polar surface area (TPSA) is 44.6 Å². The first-order chi connectivity index (χ1) is 14.6. The van der Waals surface area contributed by atoms with E-state index in [-0.39, 0.29) is 11.8 Å². The third kappa shape index (κ3) is 4.26. The number of phenolic OH excluding ortho intramolecular Hbond substituents is 1. The van der Waals surface area contributed by atoms with Gasteiger partial charge in [-0.3, -0.25) is 4.99 Å². The molecule has 0 aliphatic carbocycles. The van der Waals surface area contributed by atoms with Gasteiger partial charge in [0, 0.05) is 23.5 Å². The summed E-state index contributed by atoms with van der Waals surface area (Å²) in [5, 5.41) is 15.8. The molecule has 1 unspecified atom stereocenters. The van der Waals surface area contributed by atoms with Gasteiger partial charge in [0.1, 0.15) is 5.75 Å². The summed E-state index contributed by atoms with van der Waals surface area (Å²) in [6, 6.07) is 29.9. The van der Waals surface area contributed by atoms with Crippen LogP contribution in [0.2, 0.25) is 0 Å². The highest BCUT2D eigenvalue weighted by Gasteiger charge is 2.08. The van der Waals surface area contributed by atoms with E-state index in [0.29, 0.717) is 5.56 Å². The van der Waals surface area contributed by atoms with Gasteiger partial charge in [0.05, 0.1) is 5.69 Å². The molecule has 0 saturated carbocycles. The summed E-state index contributed by atoms with van der Waals surface area (Å²) in [5.74, 6) is 0.219. The number of benzene rings is 4. The summed E-state index contributed by atoms with van der Waals surface area (Å²) in [6.07, 6.45) is 1.72. The monoisotopic (exact) mass is 392 g/mol. The van der Waals surface area contributed by atoms with Gasteiger partial charge >= 0.3 is 0 Å². The van der Waals surface area contributed by atoms with E-state index in [1.165, 1.54) is 5.56 Å². The molecule has 148 valence electrons. The van der Waals surface area contributed by atoms with Crippen molar-refractivity contribution in [3.05, 3.63) is 114 Å². The van der Waals surface area contributed by atoms with Crippen molar-refractivity contribution in [1.29, 1.82) is 0 Å². The van der Waals surface area contributed by atoms with Crippen LogP contribution in [0, 0.1) is 0 Å². The Bertz CT molecular complexity index is 1210. The highest BCUT2D eigenvalue weighted by atomic mass is 16.3. The largest absolute Gasteiger partial charge is 0.507 e. The molecule has 2 N–H and O–H groups in total. The Labute approximate surface area is 177 Å². The van der Waals surface area contributed by atoms with E-state index in [1.807, 2.05) is 72.8 Å². The summed E-state index contributed by atoms with van der Waals surface area (Å²) in [4.78, 5) is 4.61. The second kappa shape index (κ2) is 8.66. The highest BCUT2D eigenvalue weighted by molar-refractivity contribution is 6.03. The van der Waals surface area contributed by atoms with Crippen LogP contribution < -0.4 is 5.32 Å². The third-order valence-electron chi connectivity index (χ3n) is 5.18. The van der Waals surface area contributed by atoms with Crippen molar-refractivity contribution in [2.45, 2.75) is 13.0 Å².